The number of piperazine rings is 1. The maximum atomic E-state index is 12.7. The molecule has 1 saturated heterocycles. The number of carbonyl (C=O) groups is 1. The summed E-state index contributed by atoms with van der Waals surface area (Å²) in [6.07, 6.45) is 0.223. The fraction of sp³-hybridized carbons (Fsp3) is 0.318. The Hall–Kier alpha value is -3.35. The number of rotatable bonds is 4. The third-order valence-corrected chi connectivity index (χ3v) is 5.45. The lowest BCUT2D eigenvalue weighted by Crippen LogP contribution is -2.49. The standard InChI is InChI=1S/C22H24N4O3/c1-16-5-4-6-17(15-16)24-11-13-25(14-12-24)20(27)9-10-26-19-8-3-2-7-18(19)21(28)23-22(26)29/h2-8,15H,9-14H2,1H3,(H,23,28,29). The fourth-order valence-electron chi connectivity index (χ4n) is 3.87. The second kappa shape index (κ2) is 7.95. The minimum absolute atomic E-state index is 0.0241. The molecule has 7 nitrogen and oxygen atoms in total. The quantitative estimate of drug-likeness (QED) is 0.734. The van der Waals surface area contributed by atoms with Gasteiger partial charge >= 0.3 is 5.69 Å². The number of carbonyl (C=O) groups excluding carboxylic acids is 1. The number of hydrogen-bond acceptors (Lipinski definition) is 4. The molecule has 1 fully saturated rings. The number of amides is 1. The first-order valence-corrected chi connectivity index (χ1v) is 9.84. The summed E-state index contributed by atoms with van der Waals surface area (Å²) in [6, 6.07) is 15.3. The lowest BCUT2D eigenvalue weighted by Gasteiger charge is -2.36. The first kappa shape index (κ1) is 19.0. The second-order valence-corrected chi connectivity index (χ2v) is 7.38. The zero-order valence-electron chi connectivity index (χ0n) is 16.4. The number of aromatic nitrogens is 2. The number of aromatic amines is 1. The van der Waals surface area contributed by atoms with E-state index >= 15 is 0 Å². The molecule has 0 unspecified atom stereocenters. The summed E-state index contributed by atoms with van der Waals surface area (Å²) in [5, 5.41) is 0.450. The molecule has 2 heterocycles. The van der Waals surface area contributed by atoms with Crippen LogP contribution in [0.15, 0.2) is 58.1 Å². The van der Waals surface area contributed by atoms with Crippen molar-refractivity contribution in [3.63, 3.8) is 0 Å². The first-order chi connectivity index (χ1) is 14.0. The van der Waals surface area contributed by atoms with Crippen molar-refractivity contribution in [2.24, 2.45) is 0 Å². The molecule has 3 aromatic rings. The van der Waals surface area contributed by atoms with Gasteiger partial charge in [-0.05, 0) is 36.8 Å². The van der Waals surface area contributed by atoms with Gasteiger partial charge in [-0.25, -0.2) is 4.79 Å². The van der Waals surface area contributed by atoms with Gasteiger partial charge in [-0.2, -0.15) is 0 Å². The Morgan fingerprint density at radius 3 is 2.52 bits per heavy atom. The maximum Gasteiger partial charge on any atom is 0.328 e. The molecule has 1 N–H and O–H groups in total. The Morgan fingerprint density at radius 2 is 1.76 bits per heavy atom. The predicted octanol–water partition coefficient (Wildman–Crippen LogP) is 1.74. The molecule has 0 spiro atoms. The van der Waals surface area contributed by atoms with Gasteiger partial charge in [0.2, 0.25) is 5.91 Å². The third-order valence-electron chi connectivity index (χ3n) is 5.45. The van der Waals surface area contributed by atoms with Crippen molar-refractivity contribution in [2.45, 2.75) is 19.9 Å². The van der Waals surface area contributed by atoms with E-state index in [4.69, 9.17) is 0 Å². The Morgan fingerprint density at radius 1 is 1.00 bits per heavy atom. The van der Waals surface area contributed by atoms with E-state index in [0.29, 0.717) is 24.0 Å². The summed E-state index contributed by atoms with van der Waals surface area (Å²) in [7, 11) is 0. The monoisotopic (exact) mass is 392 g/mol. The van der Waals surface area contributed by atoms with E-state index in [2.05, 4.69) is 41.1 Å². The van der Waals surface area contributed by atoms with E-state index < -0.39 is 11.2 Å². The van der Waals surface area contributed by atoms with Crippen molar-refractivity contribution in [2.75, 3.05) is 31.1 Å². The normalized spacial score (nSPS) is 14.4. The minimum Gasteiger partial charge on any atom is -0.368 e. The van der Waals surface area contributed by atoms with Crippen LogP contribution in [0.3, 0.4) is 0 Å². The maximum absolute atomic E-state index is 12.7. The molecule has 2 aromatic carbocycles. The molecule has 1 aromatic heterocycles. The highest BCUT2D eigenvalue weighted by Gasteiger charge is 2.21. The predicted molar refractivity (Wildman–Crippen MR) is 113 cm³/mol. The van der Waals surface area contributed by atoms with Crippen molar-refractivity contribution in [1.29, 1.82) is 0 Å². The van der Waals surface area contributed by atoms with Crippen LogP contribution in [0, 0.1) is 6.92 Å². The fourth-order valence-corrected chi connectivity index (χ4v) is 3.87. The minimum atomic E-state index is -0.481. The first-order valence-electron chi connectivity index (χ1n) is 9.84. The molecule has 1 aliphatic rings. The largest absolute Gasteiger partial charge is 0.368 e. The van der Waals surface area contributed by atoms with E-state index in [1.807, 2.05) is 4.90 Å². The highest BCUT2D eigenvalue weighted by molar-refractivity contribution is 5.79. The average Bonchev–Trinajstić information content (AvgIpc) is 2.73. The molecular weight excluding hydrogens is 368 g/mol. The van der Waals surface area contributed by atoms with Crippen LogP contribution in [0.25, 0.3) is 10.9 Å². The van der Waals surface area contributed by atoms with E-state index in [9.17, 15) is 14.4 Å². The van der Waals surface area contributed by atoms with Crippen molar-refractivity contribution in [3.8, 4) is 0 Å². The number of nitrogens with zero attached hydrogens (tertiary/aromatic N) is 3. The van der Waals surface area contributed by atoms with Gasteiger partial charge in [0.15, 0.2) is 0 Å². The third kappa shape index (κ3) is 3.94. The summed E-state index contributed by atoms with van der Waals surface area (Å²) in [5.74, 6) is 0.0241. The number of hydrogen-bond donors (Lipinski definition) is 1. The summed E-state index contributed by atoms with van der Waals surface area (Å²) in [4.78, 5) is 43.4. The molecule has 150 valence electrons. The van der Waals surface area contributed by atoms with E-state index in [0.717, 1.165) is 13.1 Å². The van der Waals surface area contributed by atoms with Crippen LogP contribution < -0.4 is 16.1 Å². The number of para-hydroxylation sites is 1. The van der Waals surface area contributed by atoms with Gasteiger partial charge in [-0.3, -0.25) is 19.1 Å². The zero-order chi connectivity index (χ0) is 20.4. The Balaban J connectivity index is 1.41. The molecule has 0 bridgehead atoms. The van der Waals surface area contributed by atoms with Crippen molar-refractivity contribution in [3.05, 3.63) is 74.9 Å². The highest BCUT2D eigenvalue weighted by Crippen LogP contribution is 2.18. The second-order valence-electron chi connectivity index (χ2n) is 7.38. The number of nitrogens with one attached hydrogen (secondary N) is 1. The molecule has 7 heteroatoms. The van der Waals surface area contributed by atoms with Crippen LogP contribution in [0.5, 0.6) is 0 Å². The zero-order valence-corrected chi connectivity index (χ0v) is 16.4. The van der Waals surface area contributed by atoms with Crippen molar-refractivity contribution >= 4 is 22.5 Å². The summed E-state index contributed by atoms with van der Waals surface area (Å²) in [6.45, 7) is 5.22. The van der Waals surface area contributed by atoms with Gasteiger partial charge in [-0.15, -0.1) is 0 Å². The molecule has 0 atom stereocenters. The van der Waals surface area contributed by atoms with Gasteiger partial charge in [0.1, 0.15) is 0 Å². The molecule has 1 aliphatic heterocycles. The summed E-state index contributed by atoms with van der Waals surface area (Å²) < 4.78 is 1.47. The van der Waals surface area contributed by atoms with Gasteiger partial charge in [0.05, 0.1) is 10.9 Å². The van der Waals surface area contributed by atoms with Crippen LogP contribution in [-0.2, 0) is 11.3 Å². The van der Waals surface area contributed by atoms with Crippen molar-refractivity contribution in [1.82, 2.24) is 14.5 Å². The lowest BCUT2D eigenvalue weighted by atomic mass is 10.2. The molecule has 0 radical (unpaired) electrons. The molecule has 1 amide bonds. The number of anilines is 1. The van der Waals surface area contributed by atoms with E-state index in [-0.39, 0.29) is 18.9 Å². The average molecular weight is 392 g/mol. The van der Waals surface area contributed by atoms with E-state index in [1.165, 1.54) is 15.8 Å². The topological polar surface area (TPSA) is 78.4 Å². The van der Waals surface area contributed by atoms with Gasteiger partial charge in [0, 0.05) is 44.8 Å². The SMILES string of the molecule is Cc1cccc(N2CCN(C(=O)CCn3c(=O)[nH]c(=O)c4ccccc43)CC2)c1. The van der Waals surface area contributed by atoms with Crippen LogP contribution in [-0.4, -0.2) is 46.5 Å². The molecule has 4 rings (SSSR count). The van der Waals surface area contributed by atoms with Crippen LogP contribution in [0.1, 0.15) is 12.0 Å². The highest BCUT2D eigenvalue weighted by atomic mass is 16.2. The molecule has 0 aliphatic carbocycles. The number of fused-ring (bicyclic) bond motifs is 1. The van der Waals surface area contributed by atoms with Gasteiger partial charge in [0.25, 0.3) is 5.56 Å². The lowest BCUT2D eigenvalue weighted by molar-refractivity contribution is -0.131. The van der Waals surface area contributed by atoms with E-state index in [1.54, 1.807) is 24.3 Å². The Kier molecular flexibility index (Phi) is 5.20. The number of aryl methyl sites for hydroxylation is 2. The van der Waals surface area contributed by atoms with Gasteiger partial charge in [-0.1, -0.05) is 24.3 Å². The summed E-state index contributed by atoms with van der Waals surface area (Å²) >= 11 is 0. The molecule has 0 saturated carbocycles. The van der Waals surface area contributed by atoms with Crippen LogP contribution in [0.4, 0.5) is 5.69 Å². The van der Waals surface area contributed by atoms with Gasteiger partial charge < -0.3 is 9.80 Å². The van der Waals surface area contributed by atoms with Crippen LogP contribution >= 0.6 is 0 Å². The Bertz CT molecular complexity index is 1160. The van der Waals surface area contributed by atoms with Crippen molar-refractivity contribution < 1.29 is 4.79 Å². The number of benzene rings is 2. The van der Waals surface area contributed by atoms with Crippen LogP contribution in [0.2, 0.25) is 0 Å². The molecule has 29 heavy (non-hydrogen) atoms. The molecular formula is C22H24N4O3. The smallest absolute Gasteiger partial charge is 0.328 e. The number of H-pyrrole nitrogens is 1. The Labute approximate surface area is 168 Å². The summed E-state index contributed by atoms with van der Waals surface area (Å²) in [5.41, 5.74) is 2.08.